The molecule has 0 aliphatic carbocycles. The monoisotopic (exact) mass is 302 g/mol. The topological polar surface area (TPSA) is 23.6 Å². The lowest BCUT2D eigenvalue weighted by molar-refractivity contribution is -0.133. The molecule has 3 nitrogen and oxygen atoms in total. The van der Waals surface area contributed by atoms with Gasteiger partial charge in [-0.3, -0.25) is 4.79 Å². The van der Waals surface area contributed by atoms with Crippen molar-refractivity contribution in [3.8, 4) is 0 Å². The molecule has 1 fully saturated rings. The fourth-order valence-corrected chi connectivity index (χ4v) is 3.19. The number of rotatable bonds is 6. The van der Waals surface area contributed by atoms with E-state index in [4.69, 9.17) is 0 Å². The Morgan fingerprint density at radius 1 is 1.27 bits per heavy atom. The van der Waals surface area contributed by atoms with Crippen molar-refractivity contribution in [1.29, 1.82) is 0 Å². The number of benzene rings is 1. The Morgan fingerprint density at radius 2 is 1.91 bits per heavy atom. The third-order valence-corrected chi connectivity index (χ3v) is 4.92. The van der Waals surface area contributed by atoms with Crippen molar-refractivity contribution in [2.75, 3.05) is 27.2 Å². The number of carbonyl (C=O) groups is 1. The van der Waals surface area contributed by atoms with Gasteiger partial charge in [0.25, 0.3) is 0 Å². The summed E-state index contributed by atoms with van der Waals surface area (Å²) < 4.78 is 0. The van der Waals surface area contributed by atoms with Crippen LogP contribution < -0.4 is 0 Å². The molecule has 122 valence electrons. The zero-order chi connectivity index (χ0) is 15.9. The first kappa shape index (κ1) is 17.0. The van der Waals surface area contributed by atoms with Crippen molar-refractivity contribution < 1.29 is 4.79 Å². The molecule has 1 unspecified atom stereocenters. The van der Waals surface area contributed by atoms with E-state index in [-0.39, 0.29) is 0 Å². The smallest absolute Gasteiger partial charge is 0.222 e. The van der Waals surface area contributed by atoms with E-state index in [0.717, 1.165) is 38.8 Å². The molecule has 1 saturated heterocycles. The van der Waals surface area contributed by atoms with Crippen molar-refractivity contribution in [2.24, 2.45) is 5.92 Å². The lowest BCUT2D eigenvalue weighted by Gasteiger charge is -2.35. The highest BCUT2D eigenvalue weighted by Gasteiger charge is 2.24. The Kier molecular flexibility index (Phi) is 6.44. The van der Waals surface area contributed by atoms with E-state index < -0.39 is 0 Å². The summed E-state index contributed by atoms with van der Waals surface area (Å²) in [5.41, 5.74) is 1.37. The summed E-state index contributed by atoms with van der Waals surface area (Å²) in [7, 11) is 4.14. The molecular weight excluding hydrogens is 272 g/mol. The summed E-state index contributed by atoms with van der Waals surface area (Å²) in [6.07, 6.45) is 5.04. The summed E-state index contributed by atoms with van der Waals surface area (Å²) >= 11 is 0. The first-order valence-electron chi connectivity index (χ1n) is 8.54. The Bertz CT molecular complexity index is 452. The lowest BCUT2D eigenvalue weighted by atomic mass is 9.96. The molecule has 1 aromatic rings. The molecule has 0 saturated carbocycles. The summed E-state index contributed by atoms with van der Waals surface area (Å²) in [5, 5.41) is 0. The number of hydrogen-bond donors (Lipinski definition) is 0. The van der Waals surface area contributed by atoms with E-state index in [2.05, 4.69) is 43.1 Å². The fourth-order valence-electron chi connectivity index (χ4n) is 3.19. The number of amides is 1. The molecule has 0 N–H and O–H groups in total. The van der Waals surface area contributed by atoms with Crippen LogP contribution in [0.2, 0.25) is 0 Å². The highest BCUT2D eigenvalue weighted by atomic mass is 16.2. The van der Waals surface area contributed by atoms with Crippen molar-refractivity contribution in [2.45, 2.75) is 45.1 Å². The third-order valence-electron chi connectivity index (χ3n) is 4.92. The first-order chi connectivity index (χ1) is 10.6. The molecular formula is C19H30N2O. The molecule has 3 heteroatoms. The van der Waals surface area contributed by atoms with Crippen LogP contribution in [0.15, 0.2) is 30.3 Å². The van der Waals surface area contributed by atoms with Gasteiger partial charge in [0.2, 0.25) is 5.91 Å². The van der Waals surface area contributed by atoms with Gasteiger partial charge in [-0.25, -0.2) is 0 Å². The SMILES string of the molecule is CC(CCc1ccccc1)CC(=O)N(C)C1CCN(C)CC1. The molecule has 1 heterocycles. The van der Waals surface area contributed by atoms with Gasteiger partial charge < -0.3 is 9.80 Å². The maximum absolute atomic E-state index is 12.5. The minimum absolute atomic E-state index is 0.315. The summed E-state index contributed by atoms with van der Waals surface area (Å²) in [6.45, 7) is 4.40. The quantitative estimate of drug-likeness (QED) is 0.805. The van der Waals surface area contributed by atoms with Crippen molar-refractivity contribution in [3.63, 3.8) is 0 Å². The zero-order valence-corrected chi connectivity index (χ0v) is 14.3. The van der Waals surface area contributed by atoms with Crippen LogP contribution in [0.3, 0.4) is 0 Å². The van der Waals surface area contributed by atoms with Crippen LogP contribution in [0.4, 0.5) is 0 Å². The van der Waals surface area contributed by atoms with Gasteiger partial charge in [0.1, 0.15) is 0 Å². The molecule has 2 rings (SSSR count). The van der Waals surface area contributed by atoms with E-state index in [1.807, 2.05) is 18.0 Å². The zero-order valence-electron chi connectivity index (χ0n) is 14.3. The van der Waals surface area contributed by atoms with Gasteiger partial charge in [0.05, 0.1) is 0 Å². The number of carbonyl (C=O) groups excluding carboxylic acids is 1. The molecule has 0 radical (unpaired) electrons. The average molecular weight is 302 g/mol. The molecule has 22 heavy (non-hydrogen) atoms. The molecule has 0 spiro atoms. The molecule has 1 aliphatic rings. The number of piperidine rings is 1. The maximum Gasteiger partial charge on any atom is 0.222 e. The van der Waals surface area contributed by atoms with Crippen LogP contribution in [0.25, 0.3) is 0 Å². The molecule has 1 aromatic carbocycles. The van der Waals surface area contributed by atoms with Gasteiger partial charge in [0, 0.05) is 19.5 Å². The summed E-state index contributed by atoms with van der Waals surface area (Å²) in [4.78, 5) is 16.8. The fraction of sp³-hybridized carbons (Fsp3) is 0.632. The average Bonchev–Trinajstić information content (AvgIpc) is 2.54. The van der Waals surface area contributed by atoms with Crippen molar-refractivity contribution in [1.82, 2.24) is 9.80 Å². The Labute approximate surface area is 135 Å². The predicted octanol–water partition coefficient (Wildman–Crippen LogP) is 3.20. The lowest BCUT2D eigenvalue weighted by Crippen LogP contribution is -2.44. The highest BCUT2D eigenvalue weighted by molar-refractivity contribution is 5.76. The van der Waals surface area contributed by atoms with E-state index in [1.165, 1.54) is 5.56 Å². The predicted molar refractivity (Wildman–Crippen MR) is 91.8 cm³/mol. The minimum Gasteiger partial charge on any atom is -0.343 e. The summed E-state index contributed by atoms with van der Waals surface area (Å²) in [5.74, 6) is 0.761. The second-order valence-corrected chi connectivity index (χ2v) is 6.87. The Balaban J connectivity index is 1.73. The molecule has 0 aromatic heterocycles. The van der Waals surface area contributed by atoms with Crippen LogP contribution in [-0.2, 0) is 11.2 Å². The van der Waals surface area contributed by atoms with Gasteiger partial charge >= 0.3 is 0 Å². The van der Waals surface area contributed by atoms with Crippen LogP contribution in [-0.4, -0.2) is 48.9 Å². The highest BCUT2D eigenvalue weighted by Crippen LogP contribution is 2.18. The van der Waals surface area contributed by atoms with Gasteiger partial charge in [-0.1, -0.05) is 37.3 Å². The molecule has 1 aliphatic heterocycles. The van der Waals surface area contributed by atoms with Crippen molar-refractivity contribution in [3.05, 3.63) is 35.9 Å². The third kappa shape index (κ3) is 5.13. The standard InChI is InChI=1S/C19H30N2O/c1-16(9-10-17-7-5-4-6-8-17)15-19(22)21(3)18-11-13-20(2)14-12-18/h4-8,16,18H,9-15H2,1-3H3. The van der Waals surface area contributed by atoms with E-state index >= 15 is 0 Å². The number of hydrogen-bond acceptors (Lipinski definition) is 2. The Morgan fingerprint density at radius 3 is 2.55 bits per heavy atom. The normalized spacial score (nSPS) is 18.1. The van der Waals surface area contributed by atoms with Gasteiger partial charge in [0.15, 0.2) is 0 Å². The maximum atomic E-state index is 12.5. The number of aryl methyl sites for hydroxylation is 1. The molecule has 0 bridgehead atoms. The second kappa shape index (κ2) is 8.33. The number of nitrogens with zero attached hydrogens (tertiary/aromatic N) is 2. The van der Waals surface area contributed by atoms with Crippen LogP contribution >= 0.6 is 0 Å². The van der Waals surface area contributed by atoms with Crippen LogP contribution in [0.1, 0.15) is 38.2 Å². The van der Waals surface area contributed by atoms with Crippen LogP contribution in [0, 0.1) is 5.92 Å². The summed E-state index contributed by atoms with van der Waals surface area (Å²) in [6, 6.07) is 11.0. The van der Waals surface area contributed by atoms with Gasteiger partial charge in [-0.2, -0.15) is 0 Å². The largest absolute Gasteiger partial charge is 0.343 e. The van der Waals surface area contributed by atoms with Gasteiger partial charge in [-0.15, -0.1) is 0 Å². The molecule has 1 amide bonds. The number of likely N-dealkylation sites (tertiary alicyclic amines) is 1. The van der Waals surface area contributed by atoms with Crippen LogP contribution in [0.5, 0.6) is 0 Å². The molecule has 1 atom stereocenters. The van der Waals surface area contributed by atoms with Crippen molar-refractivity contribution >= 4 is 5.91 Å². The minimum atomic E-state index is 0.315. The van der Waals surface area contributed by atoms with E-state index in [0.29, 0.717) is 24.3 Å². The second-order valence-electron chi connectivity index (χ2n) is 6.87. The van der Waals surface area contributed by atoms with E-state index in [9.17, 15) is 4.79 Å². The van der Waals surface area contributed by atoms with Gasteiger partial charge in [-0.05, 0) is 57.3 Å². The first-order valence-corrected chi connectivity index (χ1v) is 8.54. The Hall–Kier alpha value is -1.35. The van der Waals surface area contributed by atoms with E-state index in [1.54, 1.807) is 0 Å².